The molecule has 0 N–H and O–H groups in total. The summed E-state index contributed by atoms with van der Waals surface area (Å²) < 4.78 is 17.9. The van der Waals surface area contributed by atoms with Gasteiger partial charge in [-0.2, -0.15) is 0 Å². The van der Waals surface area contributed by atoms with Crippen LogP contribution < -0.4 is 4.74 Å². The Bertz CT molecular complexity index is 1350. The highest BCUT2D eigenvalue weighted by Gasteiger charge is 2.25. The average Bonchev–Trinajstić information content (AvgIpc) is 3.20. The van der Waals surface area contributed by atoms with Crippen LogP contribution in [0.1, 0.15) is 26.3 Å². The number of methoxy groups -OCH3 is 2. The molecule has 0 aliphatic carbocycles. The van der Waals surface area contributed by atoms with Crippen molar-refractivity contribution in [3.63, 3.8) is 0 Å². The predicted molar refractivity (Wildman–Crippen MR) is 130 cm³/mol. The quantitative estimate of drug-likeness (QED) is 0.361. The van der Waals surface area contributed by atoms with Gasteiger partial charge in [0.25, 0.3) is 0 Å². The second-order valence-corrected chi connectivity index (χ2v) is 8.59. The fourth-order valence-corrected chi connectivity index (χ4v) is 3.55. The number of hydrogen-bond acceptors (Lipinski definition) is 7. The lowest BCUT2D eigenvalue weighted by molar-refractivity contribution is 0.0547. The van der Waals surface area contributed by atoms with E-state index in [0.29, 0.717) is 28.3 Å². The molecule has 3 heterocycles. The summed E-state index contributed by atoms with van der Waals surface area (Å²) in [5.41, 5.74) is 3.55. The van der Waals surface area contributed by atoms with Crippen LogP contribution in [0.3, 0.4) is 0 Å². The highest BCUT2D eigenvalue weighted by atomic mass is 16.6. The van der Waals surface area contributed by atoms with Crippen LogP contribution in [0.4, 0.5) is 4.79 Å². The second kappa shape index (κ2) is 9.35. The van der Waals surface area contributed by atoms with Gasteiger partial charge in [-0.25, -0.2) is 9.36 Å². The van der Waals surface area contributed by atoms with Crippen LogP contribution in [0, 0.1) is 0 Å². The van der Waals surface area contributed by atoms with E-state index in [2.05, 4.69) is 15.2 Å². The fraction of sp³-hybridized carbons (Fsp3) is 0.231. The Morgan fingerprint density at radius 1 is 1.00 bits per heavy atom. The molecule has 4 aromatic rings. The van der Waals surface area contributed by atoms with Crippen molar-refractivity contribution in [2.45, 2.75) is 26.4 Å². The van der Waals surface area contributed by atoms with Gasteiger partial charge in [0.15, 0.2) is 0 Å². The zero-order valence-corrected chi connectivity index (χ0v) is 19.8. The van der Waals surface area contributed by atoms with Gasteiger partial charge in [0.05, 0.1) is 42.9 Å². The molecule has 34 heavy (non-hydrogen) atoms. The third-order valence-corrected chi connectivity index (χ3v) is 5.01. The molecule has 0 spiro atoms. The molecule has 0 aliphatic heterocycles. The Labute approximate surface area is 197 Å². The highest BCUT2D eigenvalue weighted by Crippen LogP contribution is 2.36. The molecule has 174 valence electrons. The van der Waals surface area contributed by atoms with Crippen LogP contribution in [0.5, 0.6) is 5.88 Å². The van der Waals surface area contributed by atoms with Gasteiger partial charge < -0.3 is 14.2 Å². The van der Waals surface area contributed by atoms with Crippen molar-refractivity contribution in [3.8, 4) is 28.4 Å². The number of ether oxygens (including phenoxy) is 3. The lowest BCUT2D eigenvalue weighted by Crippen LogP contribution is -2.27. The number of nitrogens with zero attached hydrogens (tertiary/aromatic N) is 4. The van der Waals surface area contributed by atoms with Gasteiger partial charge >= 0.3 is 6.09 Å². The molecule has 4 rings (SSSR count). The van der Waals surface area contributed by atoms with E-state index in [9.17, 15) is 4.79 Å². The third kappa shape index (κ3) is 4.76. The van der Waals surface area contributed by atoms with Gasteiger partial charge in [-0.3, -0.25) is 4.98 Å². The first-order chi connectivity index (χ1) is 16.3. The summed E-state index contributed by atoms with van der Waals surface area (Å²) in [6.45, 7) is 5.50. The smallest absolute Gasteiger partial charge is 0.419 e. The van der Waals surface area contributed by atoms with Gasteiger partial charge in [0.1, 0.15) is 5.60 Å². The minimum absolute atomic E-state index is 0.296. The Morgan fingerprint density at radius 3 is 2.44 bits per heavy atom. The monoisotopic (exact) mass is 458 g/mol. The topological polar surface area (TPSA) is 88.4 Å². The standard InChI is InChI=1S/C26H26N4O4/c1-26(2,3)34-25(31)30-22-14-17(10-13-32-4)6-7-19(22)15-23(30)20-16-21(28-29-24(20)33-5)18-8-11-27-12-9-18/h6-16H,1-5H3/b13-10+. The molecule has 0 bridgehead atoms. The molecule has 0 atom stereocenters. The molecule has 0 saturated carbocycles. The number of rotatable bonds is 5. The van der Waals surface area contributed by atoms with Crippen LogP contribution >= 0.6 is 0 Å². The number of aromatic nitrogens is 4. The minimum Gasteiger partial charge on any atom is -0.504 e. The number of fused-ring (bicyclic) bond motifs is 1. The average molecular weight is 459 g/mol. The van der Waals surface area contributed by atoms with E-state index in [1.807, 2.05) is 69.3 Å². The summed E-state index contributed by atoms with van der Waals surface area (Å²) in [7, 11) is 3.10. The van der Waals surface area contributed by atoms with Crippen LogP contribution in [-0.4, -0.2) is 45.7 Å². The Kier molecular flexibility index (Phi) is 6.32. The maximum atomic E-state index is 13.4. The summed E-state index contributed by atoms with van der Waals surface area (Å²) in [5.74, 6) is 0.296. The Hall–Kier alpha value is -4.20. The van der Waals surface area contributed by atoms with Crippen LogP contribution in [0.25, 0.3) is 39.5 Å². The third-order valence-electron chi connectivity index (χ3n) is 5.01. The largest absolute Gasteiger partial charge is 0.504 e. The van der Waals surface area contributed by atoms with E-state index in [1.165, 1.54) is 7.11 Å². The first kappa shape index (κ1) is 23.0. The number of hydrogen-bond donors (Lipinski definition) is 0. The molecule has 0 fully saturated rings. The van der Waals surface area contributed by atoms with Crippen LogP contribution in [-0.2, 0) is 9.47 Å². The van der Waals surface area contributed by atoms with Crippen molar-refractivity contribution >= 4 is 23.1 Å². The molecule has 0 amide bonds. The molecular weight excluding hydrogens is 432 g/mol. The van der Waals surface area contributed by atoms with E-state index in [0.717, 1.165) is 16.5 Å². The SMILES string of the molecule is CO/C=C/c1ccc2cc(-c3cc(-c4ccncc4)nnc3OC)n(C(=O)OC(C)(C)C)c2c1. The summed E-state index contributed by atoms with van der Waals surface area (Å²) in [5, 5.41) is 9.42. The molecule has 0 aliphatic rings. The number of pyridine rings is 1. The summed E-state index contributed by atoms with van der Waals surface area (Å²) in [4.78, 5) is 17.5. The zero-order valence-electron chi connectivity index (χ0n) is 19.8. The van der Waals surface area contributed by atoms with Crippen molar-refractivity contribution < 1.29 is 19.0 Å². The summed E-state index contributed by atoms with van der Waals surface area (Å²) in [6.07, 6.45) is 6.28. The van der Waals surface area contributed by atoms with E-state index in [4.69, 9.17) is 14.2 Å². The van der Waals surface area contributed by atoms with E-state index < -0.39 is 11.7 Å². The predicted octanol–water partition coefficient (Wildman–Crippen LogP) is 5.57. The summed E-state index contributed by atoms with van der Waals surface area (Å²) in [6, 6.07) is 13.3. The lowest BCUT2D eigenvalue weighted by atomic mass is 10.1. The van der Waals surface area contributed by atoms with Crippen molar-refractivity contribution in [2.75, 3.05) is 14.2 Å². The second-order valence-electron chi connectivity index (χ2n) is 8.59. The molecule has 0 radical (unpaired) electrons. The van der Waals surface area contributed by atoms with E-state index in [-0.39, 0.29) is 0 Å². The van der Waals surface area contributed by atoms with Crippen molar-refractivity contribution in [2.24, 2.45) is 0 Å². The normalized spacial score (nSPS) is 11.7. The minimum atomic E-state index is -0.679. The lowest BCUT2D eigenvalue weighted by Gasteiger charge is -2.21. The molecule has 0 unspecified atom stereocenters. The van der Waals surface area contributed by atoms with Gasteiger partial charge in [-0.1, -0.05) is 12.1 Å². The first-order valence-electron chi connectivity index (χ1n) is 10.7. The van der Waals surface area contributed by atoms with Crippen LogP contribution in [0.15, 0.2) is 61.1 Å². The fourth-order valence-electron chi connectivity index (χ4n) is 3.55. The first-order valence-corrected chi connectivity index (χ1v) is 10.7. The zero-order chi connectivity index (χ0) is 24.3. The van der Waals surface area contributed by atoms with Crippen molar-refractivity contribution in [1.29, 1.82) is 0 Å². The molecule has 8 heteroatoms. The Morgan fingerprint density at radius 2 is 1.76 bits per heavy atom. The Balaban J connectivity index is 1.97. The van der Waals surface area contributed by atoms with Crippen molar-refractivity contribution in [1.82, 2.24) is 19.7 Å². The van der Waals surface area contributed by atoms with Gasteiger partial charge in [0.2, 0.25) is 5.88 Å². The van der Waals surface area contributed by atoms with Gasteiger partial charge in [-0.15, -0.1) is 10.2 Å². The van der Waals surface area contributed by atoms with E-state index in [1.54, 1.807) is 30.3 Å². The van der Waals surface area contributed by atoms with Crippen LogP contribution in [0.2, 0.25) is 0 Å². The molecule has 0 saturated heterocycles. The van der Waals surface area contributed by atoms with Gasteiger partial charge in [0, 0.05) is 23.3 Å². The van der Waals surface area contributed by atoms with Gasteiger partial charge in [-0.05, 0) is 62.7 Å². The highest BCUT2D eigenvalue weighted by molar-refractivity contribution is 5.98. The number of carbonyl (C=O) groups is 1. The maximum absolute atomic E-state index is 13.4. The molecular formula is C26H26N4O4. The van der Waals surface area contributed by atoms with E-state index >= 15 is 0 Å². The molecule has 8 nitrogen and oxygen atoms in total. The van der Waals surface area contributed by atoms with Crippen molar-refractivity contribution in [3.05, 3.63) is 66.7 Å². The molecule has 1 aromatic carbocycles. The summed E-state index contributed by atoms with van der Waals surface area (Å²) >= 11 is 0. The number of carbonyl (C=O) groups excluding carboxylic acids is 1. The maximum Gasteiger partial charge on any atom is 0.419 e. The number of benzene rings is 1. The molecule has 3 aromatic heterocycles.